The molecule has 0 bridgehead atoms. The van der Waals surface area contributed by atoms with Crippen LogP contribution in [0.2, 0.25) is 0 Å². The molecular formula is C16H17N3O. The van der Waals surface area contributed by atoms with Crippen LogP contribution in [0.5, 0.6) is 0 Å². The number of carbonyl (C=O) groups is 1. The average molecular weight is 267 g/mol. The Bertz CT molecular complexity index is 560. The van der Waals surface area contributed by atoms with E-state index in [4.69, 9.17) is 0 Å². The second-order valence-electron chi connectivity index (χ2n) is 4.88. The maximum absolute atomic E-state index is 10.6. The van der Waals surface area contributed by atoms with Gasteiger partial charge >= 0.3 is 0 Å². The first kappa shape index (κ1) is 12.7. The van der Waals surface area contributed by atoms with Crippen molar-refractivity contribution in [3.63, 3.8) is 0 Å². The van der Waals surface area contributed by atoms with Crippen LogP contribution in [0, 0.1) is 0 Å². The summed E-state index contributed by atoms with van der Waals surface area (Å²) in [5.41, 5.74) is 1.90. The molecule has 102 valence electrons. The van der Waals surface area contributed by atoms with Crippen molar-refractivity contribution in [1.29, 1.82) is 0 Å². The van der Waals surface area contributed by atoms with E-state index in [1.165, 1.54) is 5.69 Å². The van der Waals surface area contributed by atoms with Crippen LogP contribution in [-0.2, 0) is 0 Å². The number of piperazine rings is 1. The van der Waals surface area contributed by atoms with Gasteiger partial charge in [0.2, 0.25) is 0 Å². The van der Waals surface area contributed by atoms with Crippen molar-refractivity contribution in [3.8, 4) is 0 Å². The number of hydrogen-bond acceptors (Lipinski definition) is 4. The summed E-state index contributed by atoms with van der Waals surface area (Å²) in [5.74, 6) is 0.948. The summed E-state index contributed by atoms with van der Waals surface area (Å²) in [6, 6.07) is 14.2. The van der Waals surface area contributed by atoms with Crippen molar-refractivity contribution in [3.05, 3.63) is 54.2 Å². The number of rotatable bonds is 3. The van der Waals surface area contributed by atoms with Gasteiger partial charge in [-0.3, -0.25) is 4.79 Å². The molecule has 0 saturated carbocycles. The number of benzene rings is 1. The molecule has 1 aromatic carbocycles. The van der Waals surface area contributed by atoms with Crippen molar-refractivity contribution >= 4 is 17.8 Å². The van der Waals surface area contributed by atoms with Gasteiger partial charge in [-0.25, -0.2) is 4.98 Å². The average Bonchev–Trinajstić information content (AvgIpc) is 2.56. The number of aldehydes is 1. The number of carbonyl (C=O) groups excluding carboxylic acids is 1. The first-order valence-corrected chi connectivity index (χ1v) is 6.83. The maximum atomic E-state index is 10.6. The Hall–Kier alpha value is -2.36. The van der Waals surface area contributed by atoms with Crippen LogP contribution in [0.4, 0.5) is 11.5 Å². The zero-order valence-electron chi connectivity index (χ0n) is 11.3. The van der Waals surface area contributed by atoms with Crippen LogP contribution in [0.15, 0.2) is 48.7 Å². The molecule has 2 aromatic rings. The molecule has 0 spiro atoms. The van der Waals surface area contributed by atoms with E-state index in [0.717, 1.165) is 38.3 Å². The van der Waals surface area contributed by atoms with Crippen molar-refractivity contribution in [2.24, 2.45) is 0 Å². The standard InChI is InChI=1S/C16H17N3O/c20-13-14-6-7-16(17-12-14)19-10-8-18(9-11-19)15-4-2-1-3-5-15/h1-7,12-13H,8-11H2. The Balaban J connectivity index is 1.64. The van der Waals surface area contributed by atoms with Gasteiger partial charge in [0, 0.05) is 43.6 Å². The number of nitrogens with zero attached hydrogens (tertiary/aromatic N) is 3. The van der Waals surface area contributed by atoms with E-state index < -0.39 is 0 Å². The fourth-order valence-electron chi connectivity index (χ4n) is 2.49. The molecule has 3 rings (SSSR count). The largest absolute Gasteiger partial charge is 0.368 e. The minimum absolute atomic E-state index is 0.622. The summed E-state index contributed by atoms with van der Waals surface area (Å²) in [4.78, 5) is 19.6. The molecule has 1 aliphatic heterocycles. The third kappa shape index (κ3) is 2.64. The third-order valence-corrected chi connectivity index (χ3v) is 3.63. The molecule has 1 aromatic heterocycles. The van der Waals surface area contributed by atoms with E-state index >= 15 is 0 Å². The third-order valence-electron chi connectivity index (χ3n) is 3.63. The number of para-hydroxylation sites is 1. The van der Waals surface area contributed by atoms with Gasteiger partial charge in [0.25, 0.3) is 0 Å². The van der Waals surface area contributed by atoms with Crippen molar-refractivity contribution < 1.29 is 4.79 Å². The first-order valence-electron chi connectivity index (χ1n) is 6.83. The molecule has 0 aliphatic carbocycles. The summed E-state index contributed by atoms with van der Waals surface area (Å²) >= 11 is 0. The lowest BCUT2D eigenvalue weighted by molar-refractivity contribution is 0.112. The summed E-state index contributed by atoms with van der Waals surface area (Å²) in [5, 5.41) is 0. The highest BCUT2D eigenvalue weighted by Crippen LogP contribution is 2.18. The van der Waals surface area contributed by atoms with Gasteiger partial charge in [-0.15, -0.1) is 0 Å². The second kappa shape index (κ2) is 5.74. The molecule has 0 unspecified atom stereocenters. The molecule has 0 atom stereocenters. The molecule has 2 heterocycles. The van der Waals surface area contributed by atoms with Crippen LogP contribution >= 0.6 is 0 Å². The normalized spacial score (nSPS) is 15.2. The highest BCUT2D eigenvalue weighted by atomic mass is 16.1. The number of anilines is 2. The van der Waals surface area contributed by atoms with Gasteiger partial charge < -0.3 is 9.80 Å². The van der Waals surface area contributed by atoms with Gasteiger partial charge in [-0.1, -0.05) is 18.2 Å². The Morgan fingerprint density at radius 3 is 2.20 bits per heavy atom. The number of aromatic nitrogens is 1. The molecule has 1 fully saturated rings. The Labute approximate surface area is 118 Å². The molecule has 20 heavy (non-hydrogen) atoms. The molecular weight excluding hydrogens is 250 g/mol. The lowest BCUT2D eigenvalue weighted by atomic mass is 10.2. The molecule has 0 amide bonds. The molecule has 1 saturated heterocycles. The second-order valence-corrected chi connectivity index (χ2v) is 4.88. The van der Waals surface area contributed by atoms with Crippen LogP contribution < -0.4 is 9.80 Å². The molecule has 4 heteroatoms. The van der Waals surface area contributed by atoms with E-state index in [0.29, 0.717) is 5.56 Å². The van der Waals surface area contributed by atoms with Crippen LogP contribution in [0.25, 0.3) is 0 Å². The fourth-order valence-corrected chi connectivity index (χ4v) is 2.49. The highest BCUT2D eigenvalue weighted by Gasteiger charge is 2.17. The molecule has 0 radical (unpaired) electrons. The zero-order valence-corrected chi connectivity index (χ0v) is 11.3. The van der Waals surface area contributed by atoms with Crippen LogP contribution in [-0.4, -0.2) is 37.4 Å². The summed E-state index contributed by atoms with van der Waals surface area (Å²) in [6.07, 6.45) is 2.45. The van der Waals surface area contributed by atoms with E-state index in [2.05, 4.69) is 39.0 Å². The summed E-state index contributed by atoms with van der Waals surface area (Å²) < 4.78 is 0. The van der Waals surface area contributed by atoms with E-state index in [9.17, 15) is 4.79 Å². The highest BCUT2D eigenvalue weighted by molar-refractivity contribution is 5.74. The SMILES string of the molecule is O=Cc1ccc(N2CCN(c3ccccc3)CC2)nc1. The van der Waals surface area contributed by atoms with Crippen LogP contribution in [0.3, 0.4) is 0 Å². The minimum atomic E-state index is 0.622. The van der Waals surface area contributed by atoms with Crippen molar-refractivity contribution in [2.45, 2.75) is 0 Å². The fraction of sp³-hybridized carbons (Fsp3) is 0.250. The molecule has 1 aliphatic rings. The van der Waals surface area contributed by atoms with E-state index in [1.54, 1.807) is 6.20 Å². The predicted molar refractivity (Wildman–Crippen MR) is 80.5 cm³/mol. The topological polar surface area (TPSA) is 36.4 Å². The van der Waals surface area contributed by atoms with E-state index in [1.807, 2.05) is 18.2 Å². The lowest BCUT2D eigenvalue weighted by Crippen LogP contribution is -2.46. The van der Waals surface area contributed by atoms with E-state index in [-0.39, 0.29) is 0 Å². The quantitative estimate of drug-likeness (QED) is 0.799. The summed E-state index contributed by atoms with van der Waals surface area (Å²) in [7, 11) is 0. The van der Waals surface area contributed by atoms with Gasteiger partial charge in [0.15, 0.2) is 6.29 Å². The smallest absolute Gasteiger partial charge is 0.151 e. The number of pyridine rings is 1. The first-order chi connectivity index (χ1) is 9.86. The minimum Gasteiger partial charge on any atom is -0.368 e. The Morgan fingerprint density at radius 1 is 0.900 bits per heavy atom. The number of hydrogen-bond donors (Lipinski definition) is 0. The van der Waals surface area contributed by atoms with Crippen molar-refractivity contribution in [1.82, 2.24) is 4.98 Å². The predicted octanol–water partition coefficient (Wildman–Crippen LogP) is 2.22. The van der Waals surface area contributed by atoms with Gasteiger partial charge in [0.1, 0.15) is 5.82 Å². The maximum Gasteiger partial charge on any atom is 0.151 e. The Kier molecular flexibility index (Phi) is 3.63. The van der Waals surface area contributed by atoms with Gasteiger partial charge in [-0.05, 0) is 24.3 Å². The van der Waals surface area contributed by atoms with Crippen molar-refractivity contribution in [2.75, 3.05) is 36.0 Å². The molecule has 4 nitrogen and oxygen atoms in total. The van der Waals surface area contributed by atoms with Gasteiger partial charge in [0.05, 0.1) is 0 Å². The van der Waals surface area contributed by atoms with Gasteiger partial charge in [-0.2, -0.15) is 0 Å². The Morgan fingerprint density at radius 2 is 1.60 bits per heavy atom. The molecule has 0 N–H and O–H groups in total. The summed E-state index contributed by atoms with van der Waals surface area (Å²) in [6.45, 7) is 3.87. The lowest BCUT2D eigenvalue weighted by Gasteiger charge is -2.36. The monoisotopic (exact) mass is 267 g/mol. The zero-order chi connectivity index (χ0) is 13.8. The van der Waals surface area contributed by atoms with Crippen LogP contribution in [0.1, 0.15) is 10.4 Å².